The molecule has 0 bridgehead atoms. The first-order chi connectivity index (χ1) is 6.70. The highest BCUT2D eigenvalue weighted by molar-refractivity contribution is 7.18. The van der Waals surface area contributed by atoms with Crippen molar-refractivity contribution < 1.29 is 4.39 Å². The molecule has 0 saturated carbocycles. The molecule has 74 valence electrons. The smallest absolute Gasteiger partial charge is 0.150 e. The number of aryl methyl sites for hydroxylation is 2. The summed E-state index contributed by atoms with van der Waals surface area (Å²) < 4.78 is 14.5. The minimum absolute atomic E-state index is 0.185. The van der Waals surface area contributed by atoms with Gasteiger partial charge in [0.1, 0.15) is 5.52 Å². The number of nitrogens with zero attached hydrogens (tertiary/aromatic N) is 1. The van der Waals surface area contributed by atoms with Crippen LogP contribution >= 0.6 is 11.3 Å². The standard InChI is InChI=1S/C11H12FNS/c1-3-4-8-5-9(12)11-10(6-8)14-7(2)13-11/h5-6H,3-4H2,1-2H3. The first-order valence-corrected chi connectivity index (χ1v) is 5.58. The van der Waals surface area contributed by atoms with E-state index in [9.17, 15) is 4.39 Å². The van der Waals surface area contributed by atoms with Gasteiger partial charge in [-0.15, -0.1) is 11.3 Å². The summed E-state index contributed by atoms with van der Waals surface area (Å²) in [5, 5.41) is 0.924. The molecule has 0 fully saturated rings. The van der Waals surface area contributed by atoms with Gasteiger partial charge in [-0.1, -0.05) is 13.3 Å². The van der Waals surface area contributed by atoms with Crippen LogP contribution in [0.5, 0.6) is 0 Å². The number of thiazole rings is 1. The van der Waals surface area contributed by atoms with Gasteiger partial charge in [0.2, 0.25) is 0 Å². The van der Waals surface area contributed by atoms with Crippen molar-refractivity contribution in [2.45, 2.75) is 26.7 Å². The van der Waals surface area contributed by atoms with Gasteiger partial charge in [-0.3, -0.25) is 0 Å². The Kier molecular flexibility index (Phi) is 2.50. The normalized spacial score (nSPS) is 11.1. The van der Waals surface area contributed by atoms with Crippen molar-refractivity contribution >= 4 is 21.6 Å². The lowest BCUT2D eigenvalue weighted by atomic mass is 10.1. The average Bonchev–Trinajstić information content (AvgIpc) is 2.47. The Balaban J connectivity index is 2.59. The minimum atomic E-state index is -0.185. The number of rotatable bonds is 2. The second-order valence-corrected chi connectivity index (χ2v) is 4.64. The summed E-state index contributed by atoms with van der Waals surface area (Å²) in [6.45, 7) is 4.00. The van der Waals surface area contributed by atoms with Crippen LogP contribution in [0.25, 0.3) is 10.2 Å². The molecule has 0 unspecified atom stereocenters. The summed E-state index contributed by atoms with van der Waals surface area (Å²) in [5.41, 5.74) is 1.59. The first kappa shape index (κ1) is 9.59. The van der Waals surface area contributed by atoms with Crippen molar-refractivity contribution in [1.29, 1.82) is 0 Å². The van der Waals surface area contributed by atoms with Crippen LogP contribution in [0.2, 0.25) is 0 Å². The van der Waals surface area contributed by atoms with Gasteiger partial charge in [-0.2, -0.15) is 0 Å². The Morgan fingerprint density at radius 3 is 2.93 bits per heavy atom. The fraction of sp³-hybridized carbons (Fsp3) is 0.364. The van der Waals surface area contributed by atoms with E-state index in [0.29, 0.717) is 5.52 Å². The Labute approximate surface area is 86.6 Å². The molecule has 1 heterocycles. The molecule has 0 spiro atoms. The number of fused-ring (bicyclic) bond motifs is 1. The van der Waals surface area contributed by atoms with Gasteiger partial charge in [0.05, 0.1) is 9.71 Å². The van der Waals surface area contributed by atoms with Crippen LogP contribution in [0.3, 0.4) is 0 Å². The van der Waals surface area contributed by atoms with Crippen LogP contribution in [0.1, 0.15) is 23.9 Å². The molecule has 2 aromatic rings. The van der Waals surface area contributed by atoms with Crippen molar-refractivity contribution in [3.63, 3.8) is 0 Å². The molecular weight excluding hydrogens is 197 g/mol. The largest absolute Gasteiger partial charge is 0.238 e. The van der Waals surface area contributed by atoms with Crippen LogP contribution in [0.15, 0.2) is 12.1 Å². The molecule has 14 heavy (non-hydrogen) atoms. The zero-order chi connectivity index (χ0) is 10.1. The van der Waals surface area contributed by atoms with E-state index in [1.54, 1.807) is 17.4 Å². The molecule has 0 aliphatic rings. The molecule has 1 aromatic carbocycles. The quantitative estimate of drug-likeness (QED) is 0.735. The van der Waals surface area contributed by atoms with Gasteiger partial charge in [0.15, 0.2) is 5.82 Å². The molecule has 0 aliphatic heterocycles. The molecule has 2 rings (SSSR count). The highest BCUT2D eigenvalue weighted by Crippen LogP contribution is 2.25. The SMILES string of the molecule is CCCc1cc(F)c2nc(C)sc2c1. The third-order valence-corrected chi connectivity index (χ3v) is 3.07. The summed E-state index contributed by atoms with van der Waals surface area (Å²) in [6.07, 6.45) is 1.98. The summed E-state index contributed by atoms with van der Waals surface area (Å²) in [7, 11) is 0. The van der Waals surface area contributed by atoms with E-state index in [1.165, 1.54) is 0 Å². The minimum Gasteiger partial charge on any atom is -0.238 e. The summed E-state index contributed by atoms with van der Waals surface area (Å²) in [4.78, 5) is 4.16. The van der Waals surface area contributed by atoms with Gasteiger partial charge in [0, 0.05) is 0 Å². The molecule has 0 saturated heterocycles. The summed E-state index contributed by atoms with van der Waals surface area (Å²) >= 11 is 1.56. The molecule has 0 amide bonds. The van der Waals surface area contributed by atoms with Gasteiger partial charge < -0.3 is 0 Å². The predicted octanol–water partition coefficient (Wildman–Crippen LogP) is 3.70. The lowest BCUT2D eigenvalue weighted by molar-refractivity contribution is 0.634. The molecule has 0 aliphatic carbocycles. The Bertz CT molecular complexity index is 462. The maximum Gasteiger partial charge on any atom is 0.150 e. The Morgan fingerprint density at radius 2 is 2.21 bits per heavy atom. The monoisotopic (exact) mass is 209 g/mol. The van der Waals surface area contributed by atoms with E-state index in [2.05, 4.69) is 11.9 Å². The van der Waals surface area contributed by atoms with Gasteiger partial charge in [-0.05, 0) is 31.0 Å². The molecular formula is C11H12FNS. The second kappa shape index (κ2) is 3.65. The number of benzene rings is 1. The Morgan fingerprint density at radius 1 is 1.43 bits per heavy atom. The molecule has 0 atom stereocenters. The lowest BCUT2D eigenvalue weighted by Crippen LogP contribution is -1.86. The highest BCUT2D eigenvalue weighted by Gasteiger charge is 2.07. The third kappa shape index (κ3) is 1.64. The molecule has 1 nitrogen and oxygen atoms in total. The fourth-order valence-corrected chi connectivity index (χ4v) is 2.49. The van der Waals surface area contributed by atoms with Gasteiger partial charge in [0.25, 0.3) is 0 Å². The fourth-order valence-electron chi connectivity index (χ4n) is 1.59. The number of halogens is 1. The Hall–Kier alpha value is -0.960. The first-order valence-electron chi connectivity index (χ1n) is 4.76. The zero-order valence-corrected chi connectivity index (χ0v) is 9.12. The predicted molar refractivity (Wildman–Crippen MR) is 58.3 cm³/mol. The lowest BCUT2D eigenvalue weighted by Gasteiger charge is -1.98. The van der Waals surface area contributed by atoms with E-state index in [1.807, 2.05) is 13.0 Å². The van der Waals surface area contributed by atoms with Gasteiger partial charge in [-0.25, -0.2) is 9.37 Å². The van der Waals surface area contributed by atoms with E-state index in [4.69, 9.17) is 0 Å². The van der Waals surface area contributed by atoms with Crippen molar-refractivity contribution in [2.75, 3.05) is 0 Å². The third-order valence-electron chi connectivity index (χ3n) is 2.15. The van der Waals surface area contributed by atoms with Crippen molar-refractivity contribution in [2.24, 2.45) is 0 Å². The number of hydrogen-bond acceptors (Lipinski definition) is 2. The molecule has 0 N–H and O–H groups in total. The topological polar surface area (TPSA) is 12.9 Å². The van der Waals surface area contributed by atoms with Crippen LogP contribution < -0.4 is 0 Å². The number of hydrogen-bond donors (Lipinski definition) is 0. The number of aromatic nitrogens is 1. The summed E-state index contributed by atoms with van der Waals surface area (Å²) in [6, 6.07) is 3.65. The second-order valence-electron chi connectivity index (χ2n) is 3.41. The summed E-state index contributed by atoms with van der Waals surface area (Å²) in [5.74, 6) is -0.185. The van der Waals surface area contributed by atoms with Gasteiger partial charge >= 0.3 is 0 Å². The maximum atomic E-state index is 13.5. The van der Waals surface area contributed by atoms with Crippen LogP contribution in [-0.2, 0) is 6.42 Å². The van der Waals surface area contributed by atoms with Crippen molar-refractivity contribution in [3.8, 4) is 0 Å². The van der Waals surface area contributed by atoms with E-state index < -0.39 is 0 Å². The van der Waals surface area contributed by atoms with Crippen LogP contribution in [-0.4, -0.2) is 4.98 Å². The van der Waals surface area contributed by atoms with E-state index in [-0.39, 0.29) is 5.82 Å². The average molecular weight is 209 g/mol. The van der Waals surface area contributed by atoms with Crippen LogP contribution in [0, 0.1) is 12.7 Å². The zero-order valence-electron chi connectivity index (χ0n) is 8.30. The van der Waals surface area contributed by atoms with E-state index in [0.717, 1.165) is 28.1 Å². The molecule has 3 heteroatoms. The highest BCUT2D eigenvalue weighted by atomic mass is 32.1. The molecule has 0 radical (unpaired) electrons. The molecule has 1 aromatic heterocycles. The van der Waals surface area contributed by atoms with Crippen LogP contribution in [0.4, 0.5) is 4.39 Å². The van der Waals surface area contributed by atoms with E-state index >= 15 is 0 Å². The van der Waals surface area contributed by atoms with Crippen molar-refractivity contribution in [3.05, 3.63) is 28.5 Å². The maximum absolute atomic E-state index is 13.5. The van der Waals surface area contributed by atoms with Crippen molar-refractivity contribution in [1.82, 2.24) is 4.98 Å².